The molecule has 106 valence electrons. The Morgan fingerprint density at radius 3 is 2.30 bits per heavy atom. The molecule has 0 radical (unpaired) electrons. The maximum atomic E-state index is 12.5. The Kier molecular flexibility index (Phi) is 4.32. The zero-order valence-corrected chi connectivity index (χ0v) is 12.2. The lowest BCUT2D eigenvalue weighted by molar-refractivity contribution is -0.137. The Labute approximate surface area is 123 Å². The van der Waals surface area contributed by atoms with Gasteiger partial charge >= 0.3 is 6.18 Å². The van der Waals surface area contributed by atoms with Crippen molar-refractivity contribution in [1.82, 2.24) is 4.98 Å². The van der Waals surface area contributed by atoms with Crippen LogP contribution in [-0.4, -0.2) is 4.98 Å². The van der Waals surface area contributed by atoms with Gasteiger partial charge in [0.25, 0.3) is 0 Å². The van der Waals surface area contributed by atoms with Crippen molar-refractivity contribution in [1.29, 1.82) is 0 Å². The quantitative estimate of drug-likeness (QED) is 0.789. The minimum Gasteiger partial charge on any atom is -0.377 e. The predicted molar refractivity (Wildman–Crippen MR) is 75.4 cm³/mol. The van der Waals surface area contributed by atoms with Gasteiger partial charge in [-0.1, -0.05) is 6.07 Å². The van der Waals surface area contributed by atoms with Crippen LogP contribution in [0.15, 0.2) is 47.1 Å². The van der Waals surface area contributed by atoms with E-state index < -0.39 is 11.7 Å². The molecule has 0 spiro atoms. The lowest BCUT2D eigenvalue weighted by Crippen LogP contribution is -2.09. The number of benzene rings is 1. The van der Waals surface area contributed by atoms with Crippen LogP contribution in [0.5, 0.6) is 0 Å². The van der Waals surface area contributed by atoms with Gasteiger partial charge in [-0.3, -0.25) is 0 Å². The monoisotopic (exact) mass is 344 g/mol. The largest absolute Gasteiger partial charge is 0.416 e. The molecule has 1 aromatic carbocycles. The van der Waals surface area contributed by atoms with Crippen molar-refractivity contribution in [3.63, 3.8) is 0 Å². The van der Waals surface area contributed by atoms with Gasteiger partial charge in [-0.2, -0.15) is 13.2 Å². The summed E-state index contributed by atoms with van der Waals surface area (Å²) in [5.41, 5.74) is 0.767. The van der Waals surface area contributed by atoms with Crippen molar-refractivity contribution < 1.29 is 13.2 Å². The number of rotatable bonds is 3. The van der Waals surface area contributed by atoms with Gasteiger partial charge in [0.2, 0.25) is 0 Å². The molecule has 0 saturated heterocycles. The van der Waals surface area contributed by atoms with E-state index in [0.717, 1.165) is 22.4 Å². The molecule has 0 saturated carbocycles. The highest BCUT2D eigenvalue weighted by Crippen LogP contribution is 2.30. The molecule has 2 aromatic rings. The number of nitrogens with zero attached hydrogens (tertiary/aromatic N) is 1. The van der Waals surface area contributed by atoms with Gasteiger partial charge in [0.1, 0.15) is 4.60 Å². The number of anilines is 1. The third-order valence-electron chi connectivity index (χ3n) is 2.78. The second kappa shape index (κ2) is 5.83. The maximum Gasteiger partial charge on any atom is 0.416 e. The molecular formula is C14H12BrF3N2. The second-order valence-corrected chi connectivity index (χ2v) is 5.14. The van der Waals surface area contributed by atoms with Crippen LogP contribution in [0.25, 0.3) is 0 Å². The van der Waals surface area contributed by atoms with E-state index in [1.165, 1.54) is 12.1 Å². The number of nitrogens with one attached hydrogen (secondary N) is 1. The van der Waals surface area contributed by atoms with Gasteiger partial charge in [0.15, 0.2) is 0 Å². The zero-order valence-electron chi connectivity index (χ0n) is 10.6. The van der Waals surface area contributed by atoms with Gasteiger partial charge in [0.05, 0.1) is 17.3 Å². The Morgan fingerprint density at radius 2 is 1.75 bits per heavy atom. The number of hydrogen-bond acceptors (Lipinski definition) is 2. The third kappa shape index (κ3) is 3.72. The van der Waals surface area contributed by atoms with E-state index in [0.29, 0.717) is 5.69 Å². The van der Waals surface area contributed by atoms with Crippen molar-refractivity contribution in [2.45, 2.75) is 19.1 Å². The highest BCUT2D eigenvalue weighted by molar-refractivity contribution is 9.10. The Balaban J connectivity index is 2.10. The minimum atomic E-state index is -4.31. The van der Waals surface area contributed by atoms with E-state index in [2.05, 4.69) is 26.2 Å². The van der Waals surface area contributed by atoms with E-state index in [1.807, 2.05) is 25.1 Å². The van der Waals surface area contributed by atoms with E-state index >= 15 is 0 Å². The molecule has 2 nitrogen and oxygen atoms in total. The van der Waals surface area contributed by atoms with Crippen molar-refractivity contribution in [2.24, 2.45) is 0 Å². The van der Waals surface area contributed by atoms with Gasteiger partial charge in [-0.25, -0.2) is 4.98 Å². The van der Waals surface area contributed by atoms with Gasteiger partial charge < -0.3 is 5.32 Å². The molecule has 2 rings (SSSR count). The first-order valence-electron chi connectivity index (χ1n) is 5.92. The summed E-state index contributed by atoms with van der Waals surface area (Å²) in [5.74, 6) is 0. The third-order valence-corrected chi connectivity index (χ3v) is 3.22. The summed E-state index contributed by atoms with van der Waals surface area (Å²) in [6, 6.07) is 10.4. The molecule has 0 amide bonds. The highest BCUT2D eigenvalue weighted by Gasteiger charge is 2.29. The fraction of sp³-hybridized carbons (Fsp3) is 0.214. The number of pyridine rings is 1. The number of alkyl halides is 3. The van der Waals surface area contributed by atoms with Crippen molar-refractivity contribution >= 4 is 21.6 Å². The molecule has 1 atom stereocenters. The first-order valence-corrected chi connectivity index (χ1v) is 6.72. The summed E-state index contributed by atoms with van der Waals surface area (Å²) < 4.78 is 38.1. The Morgan fingerprint density at radius 1 is 1.10 bits per heavy atom. The van der Waals surface area contributed by atoms with Gasteiger partial charge in [-0.15, -0.1) is 0 Å². The summed E-state index contributed by atoms with van der Waals surface area (Å²) >= 11 is 3.28. The lowest BCUT2D eigenvalue weighted by atomic mass is 10.1. The van der Waals surface area contributed by atoms with Crippen LogP contribution in [0, 0.1) is 0 Å². The predicted octanol–water partition coefficient (Wildman–Crippen LogP) is 5.04. The van der Waals surface area contributed by atoms with Crippen LogP contribution in [0.1, 0.15) is 24.2 Å². The first kappa shape index (κ1) is 14.8. The molecule has 6 heteroatoms. The van der Waals surface area contributed by atoms with E-state index in [4.69, 9.17) is 0 Å². The van der Waals surface area contributed by atoms with Crippen LogP contribution in [0.2, 0.25) is 0 Å². The lowest BCUT2D eigenvalue weighted by Gasteiger charge is -2.15. The molecule has 0 unspecified atom stereocenters. The van der Waals surface area contributed by atoms with E-state index in [-0.39, 0.29) is 6.04 Å². The van der Waals surface area contributed by atoms with Crippen LogP contribution in [0.3, 0.4) is 0 Å². The topological polar surface area (TPSA) is 24.9 Å². The summed E-state index contributed by atoms with van der Waals surface area (Å²) in [4.78, 5) is 4.30. The molecule has 0 aliphatic carbocycles. The molecule has 0 aliphatic rings. The summed E-state index contributed by atoms with van der Waals surface area (Å²) in [5, 5.41) is 3.11. The molecule has 1 aromatic heterocycles. The molecule has 1 heterocycles. The molecular weight excluding hydrogens is 333 g/mol. The number of aromatic nitrogens is 1. The molecule has 0 fully saturated rings. The molecule has 1 N–H and O–H groups in total. The standard InChI is InChI=1S/C14H12BrF3N2/c1-9(12-3-2-4-13(15)20-12)19-11-7-5-10(6-8-11)14(16,17)18/h2-9,19H,1H3/t9-/m0/s1. The first-order chi connectivity index (χ1) is 9.36. The van der Waals surface area contributed by atoms with Gasteiger partial charge in [-0.05, 0) is 59.3 Å². The summed E-state index contributed by atoms with van der Waals surface area (Å²) in [6.45, 7) is 1.90. The minimum absolute atomic E-state index is 0.107. The zero-order chi connectivity index (χ0) is 14.8. The summed E-state index contributed by atoms with van der Waals surface area (Å²) in [6.07, 6.45) is -4.31. The molecule has 0 aliphatic heterocycles. The van der Waals surface area contributed by atoms with Crippen molar-refractivity contribution in [3.05, 3.63) is 58.3 Å². The smallest absolute Gasteiger partial charge is 0.377 e. The van der Waals surface area contributed by atoms with Crippen molar-refractivity contribution in [2.75, 3.05) is 5.32 Å². The fourth-order valence-corrected chi connectivity index (χ4v) is 2.10. The normalized spacial score (nSPS) is 13.1. The number of halogens is 4. The average molecular weight is 345 g/mol. The fourth-order valence-electron chi connectivity index (χ4n) is 1.74. The molecule has 0 bridgehead atoms. The second-order valence-electron chi connectivity index (χ2n) is 4.33. The maximum absolute atomic E-state index is 12.5. The Hall–Kier alpha value is -1.56. The average Bonchev–Trinajstić information content (AvgIpc) is 2.38. The Bertz CT molecular complexity index is 582. The van der Waals surface area contributed by atoms with Crippen LogP contribution in [0.4, 0.5) is 18.9 Å². The van der Waals surface area contributed by atoms with Crippen LogP contribution in [-0.2, 0) is 6.18 Å². The van der Waals surface area contributed by atoms with Gasteiger partial charge in [0, 0.05) is 5.69 Å². The van der Waals surface area contributed by atoms with Crippen molar-refractivity contribution in [3.8, 4) is 0 Å². The number of hydrogen-bond donors (Lipinski definition) is 1. The summed E-state index contributed by atoms with van der Waals surface area (Å²) in [7, 11) is 0. The SMILES string of the molecule is C[C@H](Nc1ccc(C(F)(F)F)cc1)c1cccc(Br)n1. The van der Waals surface area contributed by atoms with Crippen LogP contribution >= 0.6 is 15.9 Å². The van der Waals surface area contributed by atoms with E-state index in [9.17, 15) is 13.2 Å². The molecule has 20 heavy (non-hydrogen) atoms. The highest BCUT2D eigenvalue weighted by atomic mass is 79.9. The van der Waals surface area contributed by atoms with E-state index in [1.54, 1.807) is 0 Å². The van der Waals surface area contributed by atoms with Crippen LogP contribution < -0.4 is 5.32 Å².